The third-order valence-electron chi connectivity index (χ3n) is 3.91. The third kappa shape index (κ3) is 3.72. The highest BCUT2D eigenvalue weighted by molar-refractivity contribution is 7.17. The molecule has 0 radical (unpaired) electrons. The molecule has 0 aliphatic heterocycles. The van der Waals surface area contributed by atoms with Gasteiger partial charge in [-0.15, -0.1) is 11.3 Å². The van der Waals surface area contributed by atoms with E-state index in [1.54, 1.807) is 17.3 Å². The lowest BCUT2D eigenvalue weighted by atomic mass is 10.1. The molecule has 0 fully saturated rings. The predicted molar refractivity (Wildman–Crippen MR) is 106 cm³/mol. The van der Waals surface area contributed by atoms with E-state index in [1.807, 2.05) is 21.0 Å². The van der Waals surface area contributed by atoms with E-state index in [9.17, 15) is 4.79 Å². The molecule has 134 valence electrons. The van der Waals surface area contributed by atoms with E-state index >= 15 is 0 Å². The van der Waals surface area contributed by atoms with Crippen molar-refractivity contribution >= 4 is 28.9 Å². The maximum absolute atomic E-state index is 12.6. The number of benzene rings is 1. The van der Waals surface area contributed by atoms with E-state index in [0.29, 0.717) is 22.2 Å². The Morgan fingerprint density at radius 2 is 1.81 bits per heavy atom. The molecule has 7 heteroatoms. The second kappa shape index (κ2) is 7.21. The molecule has 0 atom stereocenters. The lowest BCUT2D eigenvalue weighted by Gasteiger charge is -2.10. The SMILES string of the molecule is Cc1ccc(-c2nc(C)c(C(=O)Nc3cnc(N(C)C)nc3)s2)c(C)c1. The molecule has 3 aromatic rings. The molecular formula is C19H21N5OS. The molecule has 0 saturated heterocycles. The van der Waals surface area contributed by atoms with Crippen LogP contribution in [0.25, 0.3) is 10.6 Å². The Labute approximate surface area is 157 Å². The maximum atomic E-state index is 12.6. The van der Waals surface area contributed by atoms with Crippen molar-refractivity contribution < 1.29 is 4.79 Å². The summed E-state index contributed by atoms with van der Waals surface area (Å²) in [5.41, 5.74) is 4.69. The van der Waals surface area contributed by atoms with Gasteiger partial charge in [-0.3, -0.25) is 4.79 Å². The molecule has 6 nitrogen and oxygen atoms in total. The summed E-state index contributed by atoms with van der Waals surface area (Å²) in [6.45, 7) is 5.97. The van der Waals surface area contributed by atoms with Crippen LogP contribution in [0, 0.1) is 20.8 Å². The number of hydrogen-bond acceptors (Lipinski definition) is 6. The van der Waals surface area contributed by atoms with Gasteiger partial charge in [-0.2, -0.15) is 0 Å². The zero-order valence-corrected chi connectivity index (χ0v) is 16.3. The number of aryl methyl sites for hydroxylation is 3. The largest absolute Gasteiger partial charge is 0.347 e. The second-order valence-corrected chi connectivity index (χ2v) is 7.37. The van der Waals surface area contributed by atoms with Crippen LogP contribution in [-0.2, 0) is 0 Å². The molecule has 0 saturated carbocycles. The number of thiazole rings is 1. The van der Waals surface area contributed by atoms with Crippen LogP contribution >= 0.6 is 11.3 Å². The normalized spacial score (nSPS) is 10.7. The van der Waals surface area contributed by atoms with Gasteiger partial charge in [0.15, 0.2) is 0 Å². The average molecular weight is 367 g/mol. The highest BCUT2D eigenvalue weighted by Gasteiger charge is 2.17. The van der Waals surface area contributed by atoms with Crippen molar-refractivity contribution in [2.45, 2.75) is 20.8 Å². The number of hydrogen-bond donors (Lipinski definition) is 1. The summed E-state index contributed by atoms with van der Waals surface area (Å²) in [6.07, 6.45) is 3.20. The summed E-state index contributed by atoms with van der Waals surface area (Å²) in [5.74, 6) is 0.395. The smallest absolute Gasteiger partial charge is 0.267 e. The van der Waals surface area contributed by atoms with Gasteiger partial charge in [0.2, 0.25) is 5.95 Å². The molecule has 0 aliphatic rings. The van der Waals surface area contributed by atoms with Gasteiger partial charge in [-0.05, 0) is 26.3 Å². The first-order chi connectivity index (χ1) is 12.3. The number of carbonyl (C=O) groups is 1. The number of carbonyl (C=O) groups excluding carboxylic acids is 1. The average Bonchev–Trinajstić information content (AvgIpc) is 2.97. The van der Waals surface area contributed by atoms with Gasteiger partial charge < -0.3 is 10.2 Å². The minimum absolute atomic E-state index is 0.197. The molecule has 0 aliphatic carbocycles. The summed E-state index contributed by atoms with van der Waals surface area (Å²) in [6, 6.07) is 6.23. The van der Waals surface area contributed by atoms with E-state index < -0.39 is 0 Å². The van der Waals surface area contributed by atoms with Gasteiger partial charge in [-0.1, -0.05) is 23.8 Å². The van der Waals surface area contributed by atoms with Crippen molar-refractivity contribution in [3.8, 4) is 10.6 Å². The standard InChI is InChI=1S/C19H21N5OS/c1-11-6-7-15(12(2)8-11)18-22-13(3)16(26-18)17(25)23-14-9-20-19(21-10-14)24(4)5/h6-10H,1-5H3,(H,23,25). The molecule has 26 heavy (non-hydrogen) atoms. The molecule has 2 heterocycles. The van der Waals surface area contributed by atoms with Gasteiger partial charge in [0.05, 0.1) is 23.8 Å². The maximum Gasteiger partial charge on any atom is 0.267 e. The van der Waals surface area contributed by atoms with E-state index in [-0.39, 0.29) is 5.91 Å². The number of aromatic nitrogens is 3. The summed E-state index contributed by atoms with van der Waals surface area (Å²) in [7, 11) is 3.73. The van der Waals surface area contributed by atoms with Gasteiger partial charge in [-0.25, -0.2) is 15.0 Å². The first-order valence-corrected chi connectivity index (χ1v) is 9.02. The Kier molecular flexibility index (Phi) is 4.99. The number of rotatable bonds is 4. The highest BCUT2D eigenvalue weighted by Crippen LogP contribution is 2.31. The topological polar surface area (TPSA) is 71.0 Å². The fourth-order valence-corrected chi connectivity index (χ4v) is 3.63. The Morgan fingerprint density at radius 3 is 2.42 bits per heavy atom. The molecule has 1 aromatic carbocycles. The van der Waals surface area contributed by atoms with Crippen molar-refractivity contribution in [2.24, 2.45) is 0 Å². The predicted octanol–water partition coefficient (Wildman–Crippen LogP) is 3.84. The van der Waals surface area contributed by atoms with E-state index in [1.165, 1.54) is 16.9 Å². The van der Waals surface area contributed by atoms with Crippen LogP contribution in [0.5, 0.6) is 0 Å². The minimum atomic E-state index is -0.197. The van der Waals surface area contributed by atoms with Gasteiger partial charge in [0, 0.05) is 19.7 Å². The molecular weight excluding hydrogens is 346 g/mol. The van der Waals surface area contributed by atoms with Crippen LogP contribution in [-0.4, -0.2) is 35.0 Å². The van der Waals surface area contributed by atoms with E-state index in [2.05, 4.69) is 52.3 Å². The fraction of sp³-hybridized carbons (Fsp3) is 0.263. The quantitative estimate of drug-likeness (QED) is 0.758. The van der Waals surface area contributed by atoms with Crippen molar-refractivity contribution in [3.63, 3.8) is 0 Å². The Hall–Kier alpha value is -2.80. The summed E-state index contributed by atoms with van der Waals surface area (Å²) < 4.78 is 0. The molecule has 3 rings (SSSR count). The molecule has 0 unspecified atom stereocenters. The Morgan fingerprint density at radius 1 is 1.12 bits per heavy atom. The summed E-state index contributed by atoms with van der Waals surface area (Å²) in [5, 5.41) is 3.69. The van der Waals surface area contributed by atoms with Crippen molar-refractivity contribution in [3.05, 3.63) is 52.3 Å². The molecule has 0 spiro atoms. The van der Waals surface area contributed by atoms with E-state index in [4.69, 9.17) is 0 Å². The second-order valence-electron chi connectivity index (χ2n) is 6.37. The van der Waals surface area contributed by atoms with Crippen LogP contribution in [0.1, 0.15) is 26.5 Å². The first kappa shape index (κ1) is 18.0. The number of nitrogens with zero attached hydrogens (tertiary/aromatic N) is 4. The highest BCUT2D eigenvalue weighted by atomic mass is 32.1. The summed E-state index contributed by atoms with van der Waals surface area (Å²) >= 11 is 1.40. The van der Waals surface area contributed by atoms with Crippen LogP contribution in [0.2, 0.25) is 0 Å². The Balaban J connectivity index is 1.83. The zero-order chi connectivity index (χ0) is 18.8. The molecule has 0 bridgehead atoms. The monoisotopic (exact) mass is 367 g/mol. The molecule has 1 amide bonds. The Bertz CT molecular complexity index is 947. The lowest BCUT2D eigenvalue weighted by Crippen LogP contribution is -2.15. The third-order valence-corrected chi connectivity index (χ3v) is 5.10. The number of anilines is 2. The van der Waals surface area contributed by atoms with Crippen molar-refractivity contribution in [1.82, 2.24) is 15.0 Å². The van der Waals surface area contributed by atoms with Gasteiger partial charge in [0.25, 0.3) is 5.91 Å². The fourth-order valence-electron chi connectivity index (χ4n) is 2.58. The number of amides is 1. The minimum Gasteiger partial charge on any atom is -0.347 e. The van der Waals surface area contributed by atoms with Gasteiger partial charge in [0.1, 0.15) is 9.88 Å². The lowest BCUT2D eigenvalue weighted by molar-refractivity contribution is 0.102. The molecule has 2 aromatic heterocycles. The summed E-state index contributed by atoms with van der Waals surface area (Å²) in [4.78, 5) is 28.0. The van der Waals surface area contributed by atoms with E-state index in [0.717, 1.165) is 16.1 Å². The van der Waals surface area contributed by atoms with Crippen molar-refractivity contribution in [1.29, 1.82) is 0 Å². The van der Waals surface area contributed by atoms with Crippen LogP contribution in [0.3, 0.4) is 0 Å². The molecule has 1 N–H and O–H groups in total. The van der Waals surface area contributed by atoms with Crippen LogP contribution in [0.15, 0.2) is 30.6 Å². The van der Waals surface area contributed by atoms with Crippen LogP contribution < -0.4 is 10.2 Å². The van der Waals surface area contributed by atoms with Crippen molar-refractivity contribution in [2.75, 3.05) is 24.3 Å². The van der Waals surface area contributed by atoms with Crippen LogP contribution in [0.4, 0.5) is 11.6 Å². The van der Waals surface area contributed by atoms with Gasteiger partial charge >= 0.3 is 0 Å². The number of nitrogens with one attached hydrogen (secondary N) is 1. The zero-order valence-electron chi connectivity index (χ0n) is 15.5. The first-order valence-electron chi connectivity index (χ1n) is 8.21.